The van der Waals surface area contributed by atoms with Crippen LogP contribution in [0.1, 0.15) is 12.8 Å². The third-order valence-electron chi connectivity index (χ3n) is 3.44. The third-order valence-corrected chi connectivity index (χ3v) is 4.88. The average molecular weight is 311 g/mol. The highest BCUT2D eigenvalue weighted by Gasteiger charge is 2.39. The van der Waals surface area contributed by atoms with Gasteiger partial charge in [-0.3, -0.25) is 4.79 Å². The van der Waals surface area contributed by atoms with Gasteiger partial charge in [-0.05, 0) is 37.0 Å². The number of imidazole rings is 1. The molecular weight excluding hydrogens is 298 g/mol. The number of aliphatic carboxylic acids is 1. The Morgan fingerprint density at radius 3 is 2.57 bits per heavy atom. The van der Waals surface area contributed by atoms with Gasteiger partial charge in [0.05, 0.1) is 15.9 Å². The molecule has 8 nitrogen and oxygen atoms in total. The van der Waals surface area contributed by atoms with Crippen LogP contribution in [0.2, 0.25) is 0 Å². The Hall–Kier alpha value is -2.13. The highest BCUT2D eigenvalue weighted by molar-refractivity contribution is 7.89. The lowest BCUT2D eigenvalue weighted by atomic mass is 10.2. The van der Waals surface area contributed by atoms with Gasteiger partial charge in [-0.1, -0.05) is 0 Å². The van der Waals surface area contributed by atoms with Gasteiger partial charge in [0.25, 0.3) is 0 Å². The molecule has 1 aliphatic carbocycles. The normalized spacial score (nSPS) is 17.0. The first kappa shape index (κ1) is 13.8. The molecule has 0 aliphatic heterocycles. The van der Waals surface area contributed by atoms with Gasteiger partial charge < -0.3 is 15.1 Å². The first-order chi connectivity index (χ1) is 9.87. The number of carboxylic acid groups (broad SMARTS) is 1. The predicted octanol–water partition coefficient (Wildman–Crippen LogP) is -0.00230. The quantitative estimate of drug-likeness (QED) is 0.617. The van der Waals surface area contributed by atoms with Crippen LogP contribution in [-0.2, 0) is 14.8 Å². The molecular formula is C12H13N3O5S. The van der Waals surface area contributed by atoms with E-state index < -0.39 is 27.7 Å². The van der Waals surface area contributed by atoms with Gasteiger partial charge in [0.15, 0.2) is 0 Å². The number of hydrogen-bond acceptors (Lipinski definition) is 4. The van der Waals surface area contributed by atoms with E-state index in [-0.39, 0.29) is 10.8 Å². The van der Waals surface area contributed by atoms with Crippen LogP contribution < -0.4 is 10.4 Å². The maximum absolute atomic E-state index is 12.3. The molecule has 1 aromatic heterocycles. The highest BCUT2D eigenvalue weighted by Crippen LogP contribution is 2.33. The summed E-state index contributed by atoms with van der Waals surface area (Å²) in [6, 6.07) is 2.95. The van der Waals surface area contributed by atoms with Crippen LogP contribution in [0.15, 0.2) is 27.9 Å². The van der Waals surface area contributed by atoms with Crippen molar-refractivity contribution < 1.29 is 18.3 Å². The van der Waals surface area contributed by atoms with Crippen molar-refractivity contribution in [2.24, 2.45) is 5.92 Å². The minimum Gasteiger partial charge on any atom is -0.480 e. The summed E-state index contributed by atoms with van der Waals surface area (Å²) in [6.45, 7) is 0. The van der Waals surface area contributed by atoms with Crippen molar-refractivity contribution in [1.29, 1.82) is 0 Å². The van der Waals surface area contributed by atoms with Crippen LogP contribution in [0.4, 0.5) is 0 Å². The molecule has 1 aliphatic rings. The fourth-order valence-corrected chi connectivity index (χ4v) is 3.48. The summed E-state index contributed by atoms with van der Waals surface area (Å²) in [6.07, 6.45) is 1.40. The van der Waals surface area contributed by atoms with E-state index in [0.29, 0.717) is 23.9 Å². The van der Waals surface area contributed by atoms with Crippen LogP contribution in [-0.4, -0.2) is 35.5 Å². The van der Waals surface area contributed by atoms with Crippen molar-refractivity contribution in [2.45, 2.75) is 23.8 Å². The van der Waals surface area contributed by atoms with Crippen LogP contribution in [0.3, 0.4) is 0 Å². The number of rotatable bonds is 5. The van der Waals surface area contributed by atoms with Crippen molar-refractivity contribution in [2.75, 3.05) is 0 Å². The van der Waals surface area contributed by atoms with Crippen LogP contribution in [0.5, 0.6) is 0 Å². The molecule has 0 bridgehead atoms. The van der Waals surface area contributed by atoms with Gasteiger partial charge in [-0.25, -0.2) is 13.2 Å². The van der Waals surface area contributed by atoms with Crippen molar-refractivity contribution in [3.05, 3.63) is 28.7 Å². The Bertz CT molecular complexity index is 862. The van der Waals surface area contributed by atoms with Gasteiger partial charge >= 0.3 is 11.7 Å². The molecule has 1 saturated carbocycles. The van der Waals surface area contributed by atoms with Gasteiger partial charge in [0.1, 0.15) is 6.04 Å². The number of aromatic nitrogens is 2. The summed E-state index contributed by atoms with van der Waals surface area (Å²) in [4.78, 5) is 27.2. The molecule has 9 heteroatoms. The summed E-state index contributed by atoms with van der Waals surface area (Å²) < 4.78 is 26.7. The monoisotopic (exact) mass is 311 g/mol. The second kappa shape index (κ2) is 4.71. The van der Waals surface area contributed by atoms with E-state index >= 15 is 0 Å². The number of nitrogens with one attached hydrogen (secondary N) is 3. The zero-order valence-corrected chi connectivity index (χ0v) is 11.6. The summed E-state index contributed by atoms with van der Waals surface area (Å²) in [5.74, 6) is -1.34. The minimum absolute atomic E-state index is 0.0860. The maximum atomic E-state index is 12.3. The Balaban J connectivity index is 1.95. The van der Waals surface area contributed by atoms with Crippen LogP contribution in [0, 0.1) is 5.92 Å². The molecule has 1 fully saturated rings. The summed E-state index contributed by atoms with van der Waals surface area (Å²) >= 11 is 0. The molecule has 112 valence electrons. The van der Waals surface area contributed by atoms with Gasteiger partial charge in [-0.2, -0.15) is 4.72 Å². The van der Waals surface area contributed by atoms with E-state index in [1.54, 1.807) is 0 Å². The van der Waals surface area contributed by atoms with Gasteiger partial charge in [0, 0.05) is 0 Å². The van der Waals surface area contributed by atoms with E-state index in [1.807, 2.05) is 0 Å². The number of carboxylic acids is 1. The molecule has 0 radical (unpaired) electrons. The molecule has 4 N–H and O–H groups in total. The smallest absolute Gasteiger partial charge is 0.323 e. The Morgan fingerprint density at radius 2 is 1.95 bits per heavy atom. The maximum Gasteiger partial charge on any atom is 0.323 e. The zero-order chi connectivity index (χ0) is 15.2. The fourth-order valence-electron chi connectivity index (χ4n) is 2.19. The lowest BCUT2D eigenvalue weighted by Crippen LogP contribution is -2.42. The van der Waals surface area contributed by atoms with E-state index in [2.05, 4.69) is 14.7 Å². The first-order valence-electron chi connectivity index (χ1n) is 6.34. The molecule has 0 spiro atoms. The fraction of sp³-hybridized carbons (Fsp3) is 0.333. The Morgan fingerprint density at radius 1 is 1.29 bits per heavy atom. The standard InChI is InChI=1S/C12H13N3O5S/c16-11(17)10(6-1-2-6)15-21(19,20)7-3-4-8-9(5-7)14-12(18)13-8/h3-6,10,15H,1-2H2,(H,16,17)(H2,13,14,18). The molecule has 1 heterocycles. The topological polar surface area (TPSA) is 132 Å². The lowest BCUT2D eigenvalue weighted by molar-refractivity contribution is -0.139. The van der Waals surface area contributed by atoms with Crippen LogP contribution in [0.25, 0.3) is 11.0 Å². The number of benzene rings is 1. The molecule has 0 saturated heterocycles. The summed E-state index contributed by atoms with van der Waals surface area (Å²) in [7, 11) is -3.96. The SMILES string of the molecule is O=C(O)C(NS(=O)(=O)c1ccc2[nH]c(=O)[nH]c2c1)C1CC1. The summed E-state index contributed by atoms with van der Waals surface area (Å²) in [5.41, 5.74) is 0.394. The minimum atomic E-state index is -3.96. The van der Waals surface area contributed by atoms with Gasteiger partial charge in [0.2, 0.25) is 10.0 Å². The van der Waals surface area contributed by atoms with E-state index in [1.165, 1.54) is 18.2 Å². The van der Waals surface area contributed by atoms with Crippen molar-refractivity contribution in [3.8, 4) is 0 Å². The highest BCUT2D eigenvalue weighted by atomic mass is 32.2. The first-order valence-corrected chi connectivity index (χ1v) is 7.82. The number of fused-ring (bicyclic) bond motifs is 1. The number of aromatic amines is 2. The second-order valence-corrected chi connectivity index (χ2v) is 6.78. The largest absolute Gasteiger partial charge is 0.480 e. The number of H-pyrrole nitrogens is 2. The Labute approximate surface area is 119 Å². The van der Waals surface area contributed by atoms with Crippen LogP contribution >= 0.6 is 0 Å². The average Bonchev–Trinajstić information content (AvgIpc) is 3.16. The molecule has 3 rings (SSSR count). The molecule has 1 atom stereocenters. The predicted molar refractivity (Wildman–Crippen MR) is 73.4 cm³/mol. The lowest BCUT2D eigenvalue weighted by Gasteiger charge is -2.13. The Kier molecular flexibility index (Phi) is 3.10. The van der Waals surface area contributed by atoms with E-state index in [9.17, 15) is 18.0 Å². The third kappa shape index (κ3) is 2.69. The van der Waals surface area contributed by atoms with Gasteiger partial charge in [-0.15, -0.1) is 0 Å². The van der Waals surface area contributed by atoms with E-state index in [0.717, 1.165) is 0 Å². The number of hydrogen-bond donors (Lipinski definition) is 4. The number of sulfonamides is 1. The second-order valence-electron chi connectivity index (χ2n) is 5.06. The van der Waals surface area contributed by atoms with Crippen molar-refractivity contribution in [1.82, 2.24) is 14.7 Å². The van der Waals surface area contributed by atoms with Crippen molar-refractivity contribution in [3.63, 3.8) is 0 Å². The molecule has 0 amide bonds. The summed E-state index contributed by atoms with van der Waals surface area (Å²) in [5, 5.41) is 9.09. The molecule has 1 aromatic carbocycles. The molecule has 21 heavy (non-hydrogen) atoms. The van der Waals surface area contributed by atoms with Crippen molar-refractivity contribution >= 4 is 27.0 Å². The zero-order valence-electron chi connectivity index (χ0n) is 10.8. The number of carbonyl (C=O) groups is 1. The molecule has 2 aromatic rings. The van der Waals surface area contributed by atoms with E-state index in [4.69, 9.17) is 5.11 Å². The molecule has 1 unspecified atom stereocenters.